The largest absolute Gasteiger partial charge is 0.353 e. The molecule has 1 fully saturated rings. The summed E-state index contributed by atoms with van der Waals surface area (Å²) in [5.41, 5.74) is 0.566. The Balaban J connectivity index is 2.12. The average molecular weight is 340 g/mol. The molecule has 1 atom stereocenters. The molecule has 1 N–H and O–H groups in total. The Morgan fingerprint density at radius 1 is 1.48 bits per heavy atom. The Bertz CT molecular complexity index is 660. The van der Waals surface area contributed by atoms with Gasteiger partial charge < -0.3 is 5.32 Å². The maximum Gasteiger partial charge on any atom is 0.234 e. The van der Waals surface area contributed by atoms with Crippen LogP contribution in [0.4, 0.5) is 0 Å². The molecule has 2 rings (SSSR count). The summed E-state index contributed by atoms with van der Waals surface area (Å²) in [4.78, 5) is 22.2. The predicted octanol–water partition coefficient (Wildman–Crippen LogP) is 0.584. The molecule has 0 aliphatic carbocycles. The van der Waals surface area contributed by atoms with Gasteiger partial charge in [-0.3, -0.25) is 9.69 Å². The van der Waals surface area contributed by atoms with E-state index in [0.29, 0.717) is 18.8 Å². The fourth-order valence-electron chi connectivity index (χ4n) is 2.91. The lowest BCUT2D eigenvalue weighted by Crippen LogP contribution is -2.43. The number of likely N-dealkylation sites (tertiary alicyclic amines) is 1. The Hall–Kier alpha value is -1.54. The van der Waals surface area contributed by atoms with E-state index in [1.54, 1.807) is 0 Å². The van der Waals surface area contributed by atoms with Gasteiger partial charge in [-0.05, 0) is 33.2 Å². The van der Waals surface area contributed by atoms with Crippen LogP contribution in [0, 0.1) is 0 Å². The molecule has 2 heterocycles. The van der Waals surface area contributed by atoms with Gasteiger partial charge in [-0.2, -0.15) is 0 Å². The standard InChI is InChI=1S/C15H24N4O3S/c1-11(2)18-14(20)9-19-6-4-5-12(8-19)15-13(23(3,21)22)7-16-10-17-15/h7,10-12H,4-6,8-9H2,1-3H3,(H,18,20). The molecule has 1 aromatic rings. The van der Waals surface area contributed by atoms with E-state index in [1.165, 1.54) is 18.8 Å². The van der Waals surface area contributed by atoms with Gasteiger partial charge in [0.05, 0.1) is 12.2 Å². The van der Waals surface area contributed by atoms with E-state index in [9.17, 15) is 13.2 Å². The smallest absolute Gasteiger partial charge is 0.234 e. The summed E-state index contributed by atoms with van der Waals surface area (Å²) in [6.07, 6.45) is 5.69. The topological polar surface area (TPSA) is 92.3 Å². The van der Waals surface area contributed by atoms with Gasteiger partial charge in [0, 0.05) is 31.0 Å². The maximum absolute atomic E-state index is 11.9. The van der Waals surface area contributed by atoms with E-state index >= 15 is 0 Å². The Kier molecular flexibility index (Phi) is 5.69. The zero-order valence-corrected chi connectivity index (χ0v) is 14.6. The summed E-state index contributed by atoms with van der Waals surface area (Å²) in [7, 11) is -3.36. The molecule has 1 amide bonds. The first-order valence-electron chi connectivity index (χ1n) is 7.79. The molecule has 1 aliphatic rings. The van der Waals surface area contributed by atoms with Gasteiger partial charge in [-0.1, -0.05) is 0 Å². The SMILES string of the molecule is CC(C)NC(=O)CN1CCCC(c2ncncc2S(C)(=O)=O)C1. The fourth-order valence-corrected chi connectivity index (χ4v) is 3.76. The molecule has 0 radical (unpaired) electrons. The van der Waals surface area contributed by atoms with Crippen LogP contribution in [0.5, 0.6) is 0 Å². The number of sulfone groups is 1. The molecular formula is C15H24N4O3S. The molecular weight excluding hydrogens is 316 g/mol. The summed E-state index contributed by atoms with van der Waals surface area (Å²) in [6.45, 7) is 5.65. The average Bonchev–Trinajstić information content (AvgIpc) is 2.45. The van der Waals surface area contributed by atoms with Gasteiger partial charge in [0.25, 0.3) is 0 Å². The van der Waals surface area contributed by atoms with E-state index < -0.39 is 9.84 Å². The molecule has 1 aliphatic heterocycles. The normalized spacial score (nSPS) is 19.7. The molecule has 128 valence electrons. The summed E-state index contributed by atoms with van der Waals surface area (Å²) >= 11 is 0. The quantitative estimate of drug-likeness (QED) is 0.843. The van der Waals surface area contributed by atoms with E-state index in [-0.39, 0.29) is 22.8 Å². The van der Waals surface area contributed by atoms with Gasteiger partial charge in [0.15, 0.2) is 9.84 Å². The fraction of sp³-hybridized carbons (Fsp3) is 0.667. The van der Waals surface area contributed by atoms with Crippen molar-refractivity contribution < 1.29 is 13.2 Å². The van der Waals surface area contributed by atoms with Crippen molar-refractivity contribution in [2.75, 3.05) is 25.9 Å². The summed E-state index contributed by atoms with van der Waals surface area (Å²) in [5.74, 6) is -0.00463. The van der Waals surface area contributed by atoms with Crippen LogP contribution in [0.2, 0.25) is 0 Å². The minimum atomic E-state index is -3.36. The molecule has 23 heavy (non-hydrogen) atoms. The second kappa shape index (κ2) is 7.35. The van der Waals surface area contributed by atoms with Crippen LogP contribution in [0.3, 0.4) is 0 Å². The summed E-state index contributed by atoms with van der Waals surface area (Å²) < 4.78 is 23.8. The number of carbonyl (C=O) groups excluding carboxylic acids is 1. The Labute approximate surface area is 137 Å². The highest BCUT2D eigenvalue weighted by atomic mass is 32.2. The van der Waals surface area contributed by atoms with Crippen molar-refractivity contribution in [1.82, 2.24) is 20.2 Å². The van der Waals surface area contributed by atoms with Crippen molar-refractivity contribution in [2.45, 2.75) is 43.5 Å². The minimum absolute atomic E-state index is 0.00308. The van der Waals surface area contributed by atoms with E-state index in [2.05, 4.69) is 20.2 Å². The molecule has 1 aromatic heterocycles. The molecule has 0 saturated carbocycles. The number of hydrogen-bond donors (Lipinski definition) is 1. The highest BCUT2D eigenvalue weighted by Gasteiger charge is 2.28. The van der Waals surface area contributed by atoms with Gasteiger partial charge >= 0.3 is 0 Å². The van der Waals surface area contributed by atoms with Crippen molar-refractivity contribution in [3.8, 4) is 0 Å². The van der Waals surface area contributed by atoms with E-state index in [0.717, 1.165) is 19.4 Å². The molecule has 0 spiro atoms. The van der Waals surface area contributed by atoms with Gasteiger partial charge in [-0.15, -0.1) is 0 Å². The van der Waals surface area contributed by atoms with Gasteiger partial charge in [0.1, 0.15) is 11.2 Å². The Morgan fingerprint density at radius 3 is 2.87 bits per heavy atom. The van der Waals surface area contributed by atoms with Gasteiger partial charge in [-0.25, -0.2) is 18.4 Å². The number of piperidine rings is 1. The van der Waals surface area contributed by atoms with E-state index in [4.69, 9.17) is 0 Å². The number of rotatable bonds is 5. The van der Waals surface area contributed by atoms with Crippen LogP contribution in [0.25, 0.3) is 0 Å². The van der Waals surface area contributed by atoms with Crippen LogP contribution in [-0.4, -0.2) is 61.1 Å². The van der Waals surface area contributed by atoms with Crippen LogP contribution >= 0.6 is 0 Å². The number of hydrogen-bond acceptors (Lipinski definition) is 6. The van der Waals surface area contributed by atoms with Crippen molar-refractivity contribution in [1.29, 1.82) is 0 Å². The summed E-state index contributed by atoms with van der Waals surface area (Å²) in [5, 5.41) is 2.88. The third-order valence-corrected chi connectivity index (χ3v) is 4.93. The second-order valence-corrected chi connectivity index (χ2v) is 8.33. The maximum atomic E-state index is 11.9. The van der Waals surface area contributed by atoms with Crippen LogP contribution in [0.15, 0.2) is 17.4 Å². The lowest BCUT2D eigenvalue weighted by Gasteiger charge is -2.32. The minimum Gasteiger partial charge on any atom is -0.353 e. The third-order valence-electron chi connectivity index (χ3n) is 3.82. The molecule has 0 aromatic carbocycles. The molecule has 7 nitrogen and oxygen atoms in total. The zero-order chi connectivity index (χ0) is 17.0. The molecule has 1 saturated heterocycles. The molecule has 1 unspecified atom stereocenters. The van der Waals surface area contributed by atoms with Crippen molar-refractivity contribution in [2.24, 2.45) is 0 Å². The number of carbonyl (C=O) groups is 1. The molecule has 8 heteroatoms. The third kappa shape index (κ3) is 4.97. The van der Waals surface area contributed by atoms with E-state index in [1.807, 2.05) is 13.8 Å². The predicted molar refractivity (Wildman–Crippen MR) is 86.8 cm³/mol. The van der Waals surface area contributed by atoms with Crippen LogP contribution in [-0.2, 0) is 14.6 Å². The first kappa shape index (κ1) is 17.8. The van der Waals surface area contributed by atoms with Crippen LogP contribution in [0.1, 0.15) is 38.3 Å². The number of amides is 1. The van der Waals surface area contributed by atoms with Gasteiger partial charge in [0.2, 0.25) is 5.91 Å². The molecule has 0 bridgehead atoms. The van der Waals surface area contributed by atoms with Crippen LogP contribution < -0.4 is 5.32 Å². The number of aromatic nitrogens is 2. The lowest BCUT2D eigenvalue weighted by atomic mass is 9.94. The number of nitrogens with zero attached hydrogens (tertiary/aromatic N) is 3. The summed E-state index contributed by atoms with van der Waals surface area (Å²) in [6, 6.07) is 0.113. The zero-order valence-electron chi connectivity index (χ0n) is 13.8. The number of nitrogens with one attached hydrogen (secondary N) is 1. The van der Waals surface area contributed by atoms with Crippen molar-refractivity contribution in [3.05, 3.63) is 18.2 Å². The lowest BCUT2D eigenvalue weighted by molar-refractivity contribution is -0.123. The first-order chi connectivity index (χ1) is 10.8. The highest BCUT2D eigenvalue weighted by molar-refractivity contribution is 7.90. The first-order valence-corrected chi connectivity index (χ1v) is 9.68. The monoisotopic (exact) mass is 340 g/mol. The van der Waals surface area contributed by atoms with Crippen molar-refractivity contribution in [3.63, 3.8) is 0 Å². The second-order valence-electron chi connectivity index (χ2n) is 6.34. The Morgan fingerprint density at radius 2 is 2.22 bits per heavy atom. The highest BCUT2D eigenvalue weighted by Crippen LogP contribution is 2.29. The van der Waals surface area contributed by atoms with Crippen molar-refractivity contribution >= 4 is 15.7 Å².